The predicted octanol–water partition coefficient (Wildman–Crippen LogP) is 1.20. The van der Waals surface area contributed by atoms with Crippen LogP contribution in [0.2, 0.25) is 0 Å². The third kappa shape index (κ3) is 4.66. The van der Waals surface area contributed by atoms with Gasteiger partial charge >= 0.3 is 0 Å². The summed E-state index contributed by atoms with van der Waals surface area (Å²) < 4.78 is 1.83. The molecule has 0 aliphatic heterocycles. The van der Waals surface area contributed by atoms with E-state index in [1.54, 1.807) is 6.33 Å². The molecule has 0 fully saturated rings. The number of nitrogens with zero attached hydrogens (tertiary/aromatic N) is 4. The quantitative estimate of drug-likeness (QED) is 0.866. The lowest BCUT2D eigenvalue weighted by Gasteiger charge is -2.13. The SMILES string of the molecule is Cc1cccc(C[C@@H](C)NC(=O)CCc2nncn2C)n1. The molecular weight excluding hydrogens is 266 g/mol. The van der Waals surface area contributed by atoms with E-state index in [0.717, 1.165) is 23.6 Å². The second-order valence-corrected chi connectivity index (χ2v) is 5.30. The summed E-state index contributed by atoms with van der Waals surface area (Å²) in [6.07, 6.45) is 3.38. The highest BCUT2D eigenvalue weighted by molar-refractivity contribution is 5.76. The van der Waals surface area contributed by atoms with E-state index in [2.05, 4.69) is 20.5 Å². The van der Waals surface area contributed by atoms with Crippen molar-refractivity contribution in [1.82, 2.24) is 25.1 Å². The Morgan fingerprint density at radius 1 is 1.43 bits per heavy atom. The number of nitrogens with one attached hydrogen (secondary N) is 1. The van der Waals surface area contributed by atoms with Crippen LogP contribution in [0.5, 0.6) is 0 Å². The Morgan fingerprint density at radius 3 is 2.90 bits per heavy atom. The summed E-state index contributed by atoms with van der Waals surface area (Å²) in [7, 11) is 1.87. The molecule has 1 atom stereocenters. The first-order chi connectivity index (χ1) is 10.0. The zero-order valence-electron chi connectivity index (χ0n) is 12.7. The summed E-state index contributed by atoms with van der Waals surface area (Å²) in [5.41, 5.74) is 1.99. The molecule has 1 amide bonds. The van der Waals surface area contributed by atoms with Crippen LogP contribution in [0.25, 0.3) is 0 Å². The largest absolute Gasteiger partial charge is 0.353 e. The van der Waals surface area contributed by atoms with E-state index in [0.29, 0.717) is 12.8 Å². The van der Waals surface area contributed by atoms with E-state index >= 15 is 0 Å². The Hall–Kier alpha value is -2.24. The van der Waals surface area contributed by atoms with Crippen LogP contribution in [0.1, 0.15) is 30.6 Å². The summed E-state index contributed by atoms with van der Waals surface area (Å²) in [6, 6.07) is 6.00. The maximum atomic E-state index is 11.9. The van der Waals surface area contributed by atoms with Crippen LogP contribution in [0.3, 0.4) is 0 Å². The minimum Gasteiger partial charge on any atom is -0.353 e. The number of aromatic nitrogens is 4. The molecule has 6 heteroatoms. The number of pyridine rings is 1. The van der Waals surface area contributed by atoms with Gasteiger partial charge in [-0.1, -0.05) is 6.07 Å². The molecule has 6 nitrogen and oxygen atoms in total. The van der Waals surface area contributed by atoms with E-state index in [1.807, 2.05) is 43.7 Å². The van der Waals surface area contributed by atoms with Crippen molar-refractivity contribution in [3.63, 3.8) is 0 Å². The van der Waals surface area contributed by atoms with Gasteiger partial charge in [0.05, 0.1) is 0 Å². The van der Waals surface area contributed by atoms with Crippen LogP contribution >= 0.6 is 0 Å². The van der Waals surface area contributed by atoms with E-state index in [1.165, 1.54) is 0 Å². The Bertz CT molecular complexity index is 608. The predicted molar refractivity (Wildman–Crippen MR) is 79.6 cm³/mol. The lowest BCUT2D eigenvalue weighted by molar-refractivity contribution is -0.121. The van der Waals surface area contributed by atoms with Crippen molar-refractivity contribution < 1.29 is 4.79 Å². The molecule has 2 aromatic heterocycles. The molecular formula is C15H21N5O. The molecule has 0 aromatic carbocycles. The van der Waals surface area contributed by atoms with Crippen LogP contribution in [0.4, 0.5) is 0 Å². The van der Waals surface area contributed by atoms with Crippen LogP contribution in [0, 0.1) is 6.92 Å². The molecule has 1 N–H and O–H groups in total. The monoisotopic (exact) mass is 287 g/mol. The van der Waals surface area contributed by atoms with Crippen LogP contribution < -0.4 is 5.32 Å². The zero-order chi connectivity index (χ0) is 15.2. The van der Waals surface area contributed by atoms with Gasteiger partial charge in [-0.05, 0) is 26.0 Å². The second-order valence-electron chi connectivity index (χ2n) is 5.30. The minimum atomic E-state index is 0.0261. The van der Waals surface area contributed by atoms with E-state index in [4.69, 9.17) is 0 Å². The van der Waals surface area contributed by atoms with Gasteiger partial charge in [0.15, 0.2) is 0 Å². The maximum absolute atomic E-state index is 11.9. The zero-order valence-corrected chi connectivity index (χ0v) is 12.7. The molecule has 0 radical (unpaired) electrons. The highest BCUT2D eigenvalue weighted by atomic mass is 16.1. The molecule has 0 spiro atoms. The standard InChI is InChI=1S/C15H21N5O/c1-11-5-4-6-13(17-11)9-12(2)18-15(21)8-7-14-19-16-10-20(14)3/h4-6,10,12H,7-9H2,1-3H3,(H,18,21)/t12-/m1/s1. The lowest BCUT2D eigenvalue weighted by atomic mass is 10.1. The van der Waals surface area contributed by atoms with Gasteiger partial charge < -0.3 is 9.88 Å². The molecule has 2 heterocycles. The Balaban J connectivity index is 1.78. The first kappa shape index (κ1) is 15.2. The summed E-state index contributed by atoms with van der Waals surface area (Å²) in [6.45, 7) is 3.96. The van der Waals surface area contributed by atoms with E-state index in [-0.39, 0.29) is 11.9 Å². The number of carbonyl (C=O) groups is 1. The lowest BCUT2D eigenvalue weighted by Crippen LogP contribution is -2.34. The van der Waals surface area contributed by atoms with Gasteiger partial charge in [-0.2, -0.15) is 0 Å². The Morgan fingerprint density at radius 2 is 2.24 bits per heavy atom. The van der Waals surface area contributed by atoms with E-state index < -0.39 is 0 Å². The summed E-state index contributed by atoms with van der Waals surface area (Å²) in [5.74, 6) is 0.844. The van der Waals surface area contributed by atoms with Gasteiger partial charge in [0.2, 0.25) is 5.91 Å². The summed E-state index contributed by atoms with van der Waals surface area (Å²) in [4.78, 5) is 16.4. The molecule has 0 aliphatic carbocycles. The molecule has 0 saturated heterocycles. The van der Waals surface area contributed by atoms with Crippen molar-refractivity contribution in [3.8, 4) is 0 Å². The van der Waals surface area contributed by atoms with Crippen molar-refractivity contribution in [2.45, 2.75) is 39.2 Å². The van der Waals surface area contributed by atoms with Crippen molar-refractivity contribution in [1.29, 1.82) is 0 Å². The topological polar surface area (TPSA) is 72.7 Å². The number of aryl methyl sites for hydroxylation is 3. The smallest absolute Gasteiger partial charge is 0.220 e. The van der Waals surface area contributed by atoms with Crippen molar-refractivity contribution in [2.24, 2.45) is 7.05 Å². The second kappa shape index (κ2) is 6.97. The molecule has 0 unspecified atom stereocenters. The molecule has 2 rings (SSSR count). The molecule has 112 valence electrons. The Kier molecular flexibility index (Phi) is 5.03. The number of rotatable bonds is 6. The summed E-state index contributed by atoms with van der Waals surface area (Å²) >= 11 is 0. The van der Waals surface area contributed by atoms with Gasteiger partial charge in [0.25, 0.3) is 0 Å². The fourth-order valence-electron chi connectivity index (χ4n) is 2.18. The molecule has 0 saturated carbocycles. The Labute approximate surface area is 124 Å². The fraction of sp³-hybridized carbons (Fsp3) is 0.467. The van der Waals surface area contributed by atoms with Gasteiger partial charge in [-0.15, -0.1) is 10.2 Å². The van der Waals surface area contributed by atoms with Gasteiger partial charge in [-0.3, -0.25) is 9.78 Å². The fourth-order valence-corrected chi connectivity index (χ4v) is 2.18. The minimum absolute atomic E-state index is 0.0261. The van der Waals surface area contributed by atoms with Crippen LogP contribution in [0.15, 0.2) is 24.5 Å². The highest BCUT2D eigenvalue weighted by Gasteiger charge is 2.10. The normalized spacial score (nSPS) is 12.1. The highest BCUT2D eigenvalue weighted by Crippen LogP contribution is 2.03. The third-order valence-corrected chi connectivity index (χ3v) is 3.25. The van der Waals surface area contributed by atoms with Crippen molar-refractivity contribution >= 4 is 5.91 Å². The number of hydrogen-bond acceptors (Lipinski definition) is 4. The molecule has 0 bridgehead atoms. The average Bonchev–Trinajstić information content (AvgIpc) is 2.81. The van der Waals surface area contributed by atoms with E-state index in [9.17, 15) is 4.79 Å². The van der Waals surface area contributed by atoms with Crippen LogP contribution in [-0.2, 0) is 24.7 Å². The van der Waals surface area contributed by atoms with Gasteiger partial charge in [0, 0.05) is 43.7 Å². The van der Waals surface area contributed by atoms with Crippen LogP contribution in [-0.4, -0.2) is 31.7 Å². The molecule has 0 aliphatic rings. The third-order valence-electron chi connectivity index (χ3n) is 3.25. The first-order valence-corrected chi connectivity index (χ1v) is 7.09. The first-order valence-electron chi connectivity index (χ1n) is 7.09. The molecule has 21 heavy (non-hydrogen) atoms. The molecule has 2 aromatic rings. The van der Waals surface area contributed by atoms with Crippen molar-refractivity contribution in [2.75, 3.05) is 0 Å². The number of carbonyl (C=O) groups excluding carboxylic acids is 1. The van der Waals surface area contributed by atoms with Gasteiger partial charge in [-0.25, -0.2) is 0 Å². The summed E-state index contributed by atoms with van der Waals surface area (Å²) in [5, 5.41) is 10.8. The van der Waals surface area contributed by atoms with Gasteiger partial charge in [0.1, 0.15) is 12.2 Å². The number of amides is 1. The maximum Gasteiger partial charge on any atom is 0.220 e. The van der Waals surface area contributed by atoms with Crippen molar-refractivity contribution in [3.05, 3.63) is 41.7 Å². The average molecular weight is 287 g/mol. The number of hydrogen-bond donors (Lipinski definition) is 1.